The molecule has 0 amide bonds. The maximum absolute atomic E-state index is 7.70. The van der Waals surface area contributed by atoms with Gasteiger partial charge >= 0.3 is 0 Å². The van der Waals surface area contributed by atoms with Crippen molar-refractivity contribution in [3.8, 4) is 11.5 Å². The third-order valence-corrected chi connectivity index (χ3v) is 1.76. The number of para-hydroxylation sites is 1. The molecule has 0 radical (unpaired) electrons. The molecule has 2 aromatic rings. The van der Waals surface area contributed by atoms with E-state index in [0.717, 1.165) is 0 Å². The number of benzene rings is 2. The van der Waals surface area contributed by atoms with Crippen LogP contribution in [-0.4, -0.2) is 0 Å². The average Bonchev–Trinajstić information content (AvgIpc) is 2.41. The summed E-state index contributed by atoms with van der Waals surface area (Å²) in [6.45, 7) is 0. The third kappa shape index (κ3) is 2.27. The Morgan fingerprint density at radius 1 is 0.929 bits per heavy atom. The highest BCUT2D eigenvalue weighted by atomic mass is 35.5. The summed E-state index contributed by atoms with van der Waals surface area (Å²) in [5.41, 5.74) is 0. The van der Waals surface area contributed by atoms with Crippen LogP contribution in [0.5, 0.6) is 11.5 Å². The fourth-order valence-corrected chi connectivity index (χ4v) is 1.04. The first-order chi connectivity index (χ1) is 8.91. The lowest BCUT2D eigenvalue weighted by atomic mass is 10.3. The largest absolute Gasteiger partial charge is 0.457 e. The molecule has 0 bridgehead atoms. The molecule has 0 aliphatic carbocycles. The smallest absolute Gasteiger partial charge is 0.127 e. The predicted octanol–water partition coefficient (Wildman–Crippen LogP) is 4.13. The van der Waals surface area contributed by atoms with Crippen molar-refractivity contribution in [3.63, 3.8) is 0 Å². The van der Waals surface area contributed by atoms with E-state index in [1.165, 1.54) is 0 Å². The Kier molecular flexibility index (Phi) is 1.44. The molecule has 0 saturated heterocycles. The highest BCUT2D eigenvalue weighted by Crippen LogP contribution is 2.22. The Morgan fingerprint density at radius 3 is 2.21 bits per heavy atom. The lowest BCUT2D eigenvalue weighted by Crippen LogP contribution is -1.82. The number of hydrogen-bond acceptors (Lipinski definition) is 1. The summed E-state index contributed by atoms with van der Waals surface area (Å²) in [6.07, 6.45) is 0. The minimum atomic E-state index is -0.446. The van der Waals surface area contributed by atoms with Gasteiger partial charge in [0.25, 0.3) is 0 Å². The minimum Gasteiger partial charge on any atom is -0.457 e. The quantitative estimate of drug-likeness (QED) is 0.723. The Balaban J connectivity index is 2.48. The fourth-order valence-electron chi connectivity index (χ4n) is 0.910. The summed E-state index contributed by atoms with van der Waals surface area (Å²) in [5.74, 6) is 0.149. The third-order valence-electron chi connectivity index (χ3n) is 1.51. The van der Waals surface area contributed by atoms with Gasteiger partial charge in [-0.2, -0.15) is 0 Å². The van der Waals surface area contributed by atoms with E-state index in [-0.39, 0.29) is 17.8 Å². The SMILES string of the molecule is [2H]c1c([2H])c([2H])c(Oc2ccc(Cl)cc2)c([2H])c1[2H]. The van der Waals surface area contributed by atoms with Crippen molar-refractivity contribution in [2.75, 3.05) is 0 Å². The zero-order valence-corrected chi connectivity index (χ0v) is 7.85. The molecule has 2 aromatic carbocycles. The molecule has 0 aromatic heterocycles. The minimum absolute atomic E-state index is 0.201. The molecule has 0 unspecified atom stereocenters. The zero-order chi connectivity index (χ0) is 14.2. The van der Waals surface area contributed by atoms with Crippen molar-refractivity contribution in [2.45, 2.75) is 0 Å². The molecule has 2 rings (SSSR count). The van der Waals surface area contributed by atoms with Gasteiger partial charge < -0.3 is 4.74 Å². The van der Waals surface area contributed by atoms with E-state index in [0.29, 0.717) is 10.8 Å². The van der Waals surface area contributed by atoms with Crippen LogP contribution < -0.4 is 4.74 Å². The van der Waals surface area contributed by atoms with E-state index < -0.39 is 18.1 Å². The molecule has 0 fully saturated rings. The van der Waals surface area contributed by atoms with Crippen LogP contribution >= 0.6 is 11.6 Å². The summed E-state index contributed by atoms with van der Waals surface area (Å²) >= 11 is 5.73. The maximum atomic E-state index is 7.70. The van der Waals surface area contributed by atoms with Crippen LogP contribution in [-0.2, 0) is 0 Å². The standard InChI is InChI=1S/C12H9ClO/c13-10-6-8-12(9-7-10)14-11-4-2-1-3-5-11/h1-9H/i1D,2D,3D,4D,5D. The number of rotatable bonds is 2. The molecule has 0 heterocycles. The van der Waals surface area contributed by atoms with Crippen molar-refractivity contribution in [3.05, 3.63) is 59.5 Å². The van der Waals surface area contributed by atoms with Gasteiger partial charge in [0.15, 0.2) is 0 Å². The van der Waals surface area contributed by atoms with Gasteiger partial charge in [-0.05, 0) is 36.4 Å². The van der Waals surface area contributed by atoms with Crippen LogP contribution in [0.2, 0.25) is 5.02 Å². The Hall–Kier alpha value is -1.47. The van der Waals surface area contributed by atoms with Crippen molar-refractivity contribution in [2.24, 2.45) is 0 Å². The first-order valence-corrected chi connectivity index (χ1v) is 4.30. The van der Waals surface area contributed by atoms with Gasteiger partial charge in [-0.3, -0.25) is 0 Å². The Morgan fingerprint density at radius 2 is 1.57 bits per heavy atom. The molecule has 0 atom stereocenters. The maximum Gasteiger partial charge on any atom is 0.127 e. The second-order valence-corrected chi connectivity index (χ2v) is 2.95. The van der Waals surface area contributed by atoms with Gasteiger partial charge in [0.1, 0.15) is 11.5 Å². The summed E-state index contributed by atoms with van der Waals surface area (Å²) in [5, 5.41) is 0.522. The summed E-state index contributed by atoms with van der Waals surface area (Å²) in [4.78, 5) is 0. The highest BCUT2D eigenvalue weighted by molar-refractivity contribution is 6.30. The van der Waals surface area contributed by atoms with E-state index in [1.54, 1.807) is 24.3 Å². The molecule has 0 N–H and O–H groups in total. The monoisotopic (exact) mass is 209 g/mol. The highest BCUT2D eigenvalue weighted by Gasteiger charge is 1.95. The Labute approximate surface area is 94.9 Å². The molecule has 0 saturated carbocycles. The van der Waals surface area contributed by atoms with Gasteiger partial charge in [0.2, 0.25) is 0 Å². The van der Waals surface area contributed by atoms with Crippen LogP contribution in [0.15, 0.2) is 54.5 Å². The van der Waals surface area contributed by atoms with Crippen molar-refractivity contribution in [1.82, 2.24) is 0 Å². The topological polar surface area (TPSA) is 9.23 Å². The average molecular weight is 210 g/mol. The molecule has 2 heteroatoms. The van der Waals surface area contributed by atoms with E-state index in [2.05, 4.69) is 0 Å². The van der Waals surface area contributed by atoms with E-state index in [1.807, 2.05) is 0 Å². The molecule has 0 spiro atoms. The number of hydrogen-bond donors (Lipinski definition) is 0. The fraction of sp³-hybridized carbons (Fsp3) is 0. The second kappa shape index (κ2) is 4.16. The van der Waals surface area contributed by atoms with Crippen molar-refractivity contribution >= 4 is 11.6 Å². The van der Waals surface area contributed by atoms with Crippen LogP contribution in [0.1, 0.15) is 6.85 Å². The lowest BCUT2D eigenvalue weighted by molar-refractivity contribution is 0.483. The van der Waals surface area contributed by atoms with Crippen LogP contribution in [0, 0.1) is 0 Å². The van der Waals surface area contributed by atoms with Gasteiger partial charge in [-0.15, -0.1) is 0 Å². The first kappa shape index (κ1) is 4.85. The van der Waals surface area contributed by atoms with Crippen LogP contribution in [0.25, 0.3) is 0 Å². The molecule has 1 nitrogen and oxygen atoms in total. The molecule has 0 aliphatic heterocycles. The van der Waals surface area contributed by atoms with Crippen LogP contribution in [0.3, 0.4) is 0 Å². The van der Waals surface area contributed by atoms with Crippen molar-refractivity contribution < 1.29 is 11.6 Å². The van der Waals surface area contributed by atoms with Gasteiger partial charge in [0.05, 0.1) is 6.85 Å². The lowest BCUT2D eigenvalue weighted by Gasteiger charge is -2.04. The second-order valence-electron chi connectivity index (χ2n) is 2.51. The molecular formula is C12H9ClO. The summed E-state index contributed by atoms with van der Waals surface area (Å²) < 4.78 is 43.3. The Bertz CT molecular complexity index is 598. The summed E-state index contributed by atoms with van der Waals surface area (Å²) in [6, 6.07) is 4.25. The molecule has 14 heavy (non-hydrogen) atoms. The normalized spacial score (nSPS) is 14.8. The molecular weight excluding hydrogens is 196 g/mol. The first-order valence-electron chi connectivity index (χ1n) is 6.42. The summed E-state index contributed by atoms with van der Waals surface area (Å²) in [7, 11) is 0. The van der Waals surface area contributed by atoms with Gasteiger partial charge in [0, 0.05) is 5.02 Å². The van der Waals surface area contributed by atoms with Crippen molar-refractivity contribution in [1.29, 1.82) is 0 Å². The molecule has 70 valence electrons. The number of ether oxygens (including phenoxy) is 1. The molecule has 0 aliphatic rings. The van der Waals surface area contributed by atoms with Crippen LogP contribution in [0.4, 0.5) is 0 Å². The van der Waals surface area contributed by atoms with E-state index in [4.69, 9.17) is 23.2 Å². The van der Waals surface area contributed by atoms with Gasteiger partial charge in [-0.1, -0.05) is 29.7 Å². The van der Waals surface area contributed by atoms with Gasteiger partial charge in [-0.25, -0.2) is 0 Å². The predicted molar refractivity (Wildman–Crippen MR) is 58.0 cm³/mol. The number of halogens is 1. The zero-order valence-electron chi connectivity index (χ0n) is 12.1. The van der Waals surface area contributed by atoms with E-state index >= 15 is 0 Å². The van der Waals surface area contributed by atoms with E-state index in [9.17, 15) is 0 Å².